The van der Waals surface area contributed by atoms with Crippen LogP contribution in [0.4, 0.5) is 26.3 Å². The number of alkyl halides is 6. The average Bonchev–Trinajstić information content (AvgIpc) is 2.57. The van der Waals surface area contributed by atoms with E-state index in [2.05, 4.69) is 9.72 Å². The molecule has 18 heavy (non-hydrogen) atoms. The van der Waals surface area contributed by atoms with E-state index in [4.69, 9.17) is 0 Å². The molecule has 0 saturated carbocycles. The average molecular weight is 269 g/mol. The second kappa shape index (κ2) is 3.82. The molecule has 1 heterocycles. The third-order valence-corrected chi connectivity index (χ3v) is 2.13. The molecular formula is C10H5F6NO. The van der Waals surface area contributed by atoms with Gasteiger partial charge in [-0.1, -0.05) is 0 Å². The Morgan fingerprint density at radius 1 is 0.944 bits per heavy atom. The third-order valence-electron chi connectivity index (χ3n) is 2.13. The molecule has 0 aliphatic rings. The molecule has 2 rings (SSSR count). The zero-order chi connectivity index (χ0) is 13.6. The molecule has 2 aromatic rings. The van der Waals surface area contributed by atoms with Crippen molar-refractivity contribution in [1.82, 2.24) is 4.98 Å². The van der Waals surface area contributed by atoms with Gasteiger partial charge in [0.05, 0.1) is 0 Å². The maximum absolute atomic E-state index is 12.4. The smallest absolute Gasteiger partial charge is 0.406 e. The summed E-state index contributed by atoms with van der Waals surface area (Å²) < 4.78 is 76.5. The summed E-state index contributed by atoms with van der Waals surface area (Å²) in [5.41, 5.74) is -0.946. The van der Waals surface area contributed by atoms with E-state index in [0.29, 0.717) is 0 Å². The summed E-state index contributed by atoms with van der Waals surface area (Å²) in [5, 5.41) is -0.0101. The zero-order valence-corrected chi connectivity index (χ0v) is 8.49. The summed E-state index contributed by atoms with van der Waals surface area (Å²) in [6.07, 6.45) is -9.46. The molecule has 0 radical (unpaired) electrons. The van der Waals surface area contributed by atoms with Gasteiger partial charge in [0.15, 0.2) is 0 Å². The molecule has 0 aliphatic carbocycles. The Morgan fingerprint density at radius 3 is 2.17 bits per heavy atom. The Hall–Kier alpha value is -1.86. The summed E-state index contributed by atoms with van der Waals surface area (Å²) in [7, 11) is 0. The normalized spacial score (nSPS) is 13.0. The van der Waals surface area contributed by atoms with Crippen LogP contribution in [0.3, 0.4) is 0 Å². The lowest BCUT2D eigenvalue weighted by Crippen LogP contribution is -2.16. The van der Waals surface area contributed by atoms with E-state index in [1.54, 1.807) is 0 Å². The van der Waals surface area contributed by atoms with Crippen LogP contribution in [0.15, 0.2) is 24.3 Å². The Balaban J connectivity index is 2.40. The zero-order valence-electron chi connectivity index (χ0n) is 8.49. The number of halogens is 6. The van der Waals surface area contributed by atoms with Gasteiger partial charge in [-0.05, 0) is 24.3 Å². The molecular weight excluding hydrogens is 264 g/mol. The highest BCUT2D eigenvalue weighted by atomic mass is 19.4. The lowest BCUT2D eigenvalue weighted by molar-refractivity contribution is -0.274. The number of benzene rings is 1. The van der Waals surface area contributed by atoms with E-state index in [9.17, 15) is 26.3 Å². The molecule has 2 nitrogen and oxygen atoms in total. The topological polar surface area (TPSA) is 25.0 Å². The van der Waals surface area contributed by atoms with Gasteiger partial charge in [0.25, 0.3) is 0 Å². The molecule has 1 N–H and O–H groups in total. The lowest BCUT2D eigenvalue weighted by atomic mass is 10.2. The second-order valence-corrected chi connectivity index (χ2v) is 3.48. The van der Waals surface area contributed by atoms with Gasteiger partial charge in [-0.3, -0.25) is 0 Å². The standard InChI is InChI=1S/C10H5F6NO/c11-9(12,13)8-4-5-3-6(18-10(14,15)16)1-2-7(5)17-8/h1-4,17H. The maximum atomic E-state index is 12.4. The molecule has 1 aromatic carbocycles. The monoisotopic (exact) mass is 269 g/mol. The fourth-order valence-electron chi connectivity index (χ4n) is 1.46. The molecule has 0 amide bonds. The first-order valence-electron chi connectivity index (χ1n) is 4.61. The number of hydrogen-bond acceptors (Lipinski definition) is 1. The van der Waals surface area contributed by atoms with E-state index in [0.717, 1.165) is 24.3 Å². The summed E-state index contributed by atoms with van der Waals surface area (Å²) in [4.78, 5) is 2.06. The van der Waals surface area contributed by atoms with Crippen molar-refractivity contribution in [2.45, 2.75) is 12.5 Å². The van der Waals surface area contributed by atoms with E-state index in [1.807, 2.05) is 0 Å². The summed E-state index contributed by atoms with van der Waals surface area (Å²) in [5.74, 6) is -0.567. The van der Waals surface area contributed by atoms with Crippen LogP contribution in [0, 0.1) is 0 Å². The van der Waals surface area contributed by atoms with Gasteiger partial charge >= 0.3 is 12.5 Å². The van der Waals surface area contributed by atoms with Crippen LogP contribution in [0.5, 0.6) is 5.75 Å². The highest BCUT2D eigenvalue weighted by molar-refractivity contribution is 5.82. The van der Waals surface area contributed by atoms with Gasteiger partial charge in [-0.2, -0.15) is 13.2 Å². The predicted molar refractivity (Wildman–Crippen MR) is 50.0 cm³/mol. The van der Waals surface area contributed by atoms with Gasteiger partial charge < -0.3 is 9.72 Å². The van der Waals surface area contributed by atoms with Crippen LogP contribution in [-0.4, -0.2) is 11.3 Å². The molecule has 0 fully saturated rings. The van der Waals surface area contributed by atoms with E-state index in [-0.39, 0.29) is 10.9 Å². The Bertz CT molecular complexity index is 568. The Labute approximate surface area is 96.2 Å². The van der Waals surface area contributed by atoms with Crippen molar-refractivity contribution in [3.8, 4) is 5.75 Å². The molecule has 0 spiro atoms. The van der Waals surface area contributed by atoms with Gasteiger partial charge in [0.1, 0.15) is 11.4 Å². The van der Waals surface area contributed by atoms with Crippen molar-refractivity contribution in [3.63, 3.8) is 0 Å². The van der Waals surface area contributed by atoms with Crippen molar-refractivity contribution in [3.05, 3.63) is 30.0 Å². The molecule has 0 atom stereocenters. The quantitative estimate of drug-likeness (QED) is 0.775. The number of fused-ring (bicyclic) bond motifs is 1. The van der Waals surface area contributed by atoms with Crippen molar-refractivity contribution in [1.29, 1.82) is 0 Å². The molecule has 0 aliphatic heterocycles. The molecule has 0 bridgehead atoms. The Kier molecular flexibility index (Phi) is 2.67. The summed E-state index contributed by atoms with van der Waals surface area (Å²) >= 11 is 0. The molecule has 0 unspecified atom stereocenters. The molecule has 98 valence electrons. The van der Waals surface area contributed by atoms with Crippen molar-refractivity contribution >= 4 is 10.9 Å². The van der Waals surface area contributed by atoms with Crippen LogP contribution >= 0.6 is 0 Å². The molecule has 1 aromatic heterocycles. The highest BCUT2D eigenvalue weighted by Crippen LogP contribution is 2.33. The van der Waals surface area contributed by atoms with Crippen molar-refractivity contribution < 1.29 is 31.1 Å². The third kappa shape index (κ3) is 2.69. The number of ether oxygens (including phenoxy) is 1. The number of aromatic nitrogens is 1. The maximum Gasteiger partial charge on any atom is 0.573 e. The van der Waals surface area contributed by atoms with Crippen LogP contribution in [0.25, 0.3) is 10.9 Å². The minimum absolute atomic E-state index is 0.0101. The predicted octanol–water partition coefficient (Wildman–Crippen LogP) is 4.09. The van der Waals surface area contributed by atoms with Crippen LogP contribution in [0.1, 0.15) is 5.69 Å². The van der Waals surface area contributed by atoms with E-state index < -0.39 is 24.0 Å². The van der Waals surface area contributed by atoms with Gasteiger partial charge in [0, 0.05) is 10.9 Å². The number of hydrogen-bond donors (Lipinski definition) is 1. The second-order valence-electron chi connectivity index (χ2n) is 3.48. The van der Waals surface area contributed by atoms with E-state index in [1.165, 1.54) is 0 Å². The van der Waals surface area contributed by atoms with Crippen LogP contribution < -0.4 is 4.74 Å². The van der Waals surface area contributed by atoms with Gasteiger partial charge in [0.2, 0.25) is 0 Å². The van der Waals surface area contributed by atoms with Crippen molar-refractivity contribution in [2.24, 2.45) is 0 Å². The number of H-pyrrole nitrogens is 1. The first-order chi connectivity index (χ1) is 8.15. The van der Waals surface area contributed by atoms with Gasteiger partial charge in [-0.25, -0.2) is 0 Å². The minimum Gasteiger partial charge on any atom is -0.406 e. The molecule has 0 saturated heterocycles. The van der Waals surface area contributed by atoms with Crippen LogP contribution in [0.2, 0.25) is 0 Å². The fourth-order valence-corrected chi connectivity index (χ4v) is 1.46. The lowest BCUT2D eigenvalue weighted by Gasteiger charge is -2.08. The fraction of sp³-hybridized carbons (Fsp3) is 0.200. The highest BCUT2D eigenvalue weighted by Gasteiger charge is 2.33. The number of rotatable bonds is 1. The van der Waals surface area contributed by atoms with Gasteiger partial charge in [-0.15, -0.1) is 13.2 Å². The van der Waals surface area contributed by atoms with Crippen LogP contribution in [-0.2, 0) is 6.18 Å². The first kappa shape index (κ1) is 12.6. The minimum atomic E-state index is -4.88. The van der Waals surface area contributed by atoms with E-state index >= 15 is 0 Å². The number of nitrogens with one attached hydrogen (secondary N) is 1. The summed E-state index contributed by atoms with van der Waals surface area (Å²) in [6, 6.07) is 3.63. The Morgan fingerprint density at radius 2 is 1.61 bits per heavy atom. The van der Waals surface area contributed by atoms with Crippen molar-refractivity contribution in [2.75, 3.05) is 0 Å². The SMILES string of the molecule is FC(F)(F)Oc1ccc2[nH]c(C(F)(F)F)cc2c1. The molecule has 8 heteroatoms. The number of aromatic amines is 1. The summed E-state index contributed by atoms with van der Waals surface area (Å²) in [6.45, 7) is 0. The first-order valence-corrected chi connectivity index (χ1v) is 4.61. The largest absolute Gasteiger partial charge is 0.573 e.